The third-order valence-electron chi connectivity index (χ3n) is 3.25. The normalized spacial score (nSPS) is 11.5. The molecular weight excluding hydrogens is 353 g/mol. The highest BCUT2D eigenvalue weighted by atomic mass is 35.5. The SMILES string of the molecule is CC(C)Cn1ccnc1CNC(=O)CNC(=O)[C@@H](N)C(C)C.Cl.Cl. The van der Waals surface area contributed by atoms with Crippen molar-refractivity contribution < 1.29 is 9.59 Å². The van der Waals surface area contributed by atoms with Gasteiger partial charge in [0.25, 0.3) is 0 Å². The minimum atomic E-state index is -0.599. The van der Waals surface area contributed by atoms with E-state index in [1.54, 1.807) is 6.20 Å². The van der Waals surface area contributed by atoms with Gasteiger partial charge < -0.3 is 20.9 Å². The molecule has 1 atom stereocenters. The van der Waals surface area contributed by atoms with Gasteiger partial charge in [-0.05, 0) is 11.8 Å². The Bertz CT molecular complexity index is 506. The number of nitrogens with two attached hydrogens (primary N) is 1. The van der Waals surface area contributed by atoms with Gasteiger partial charge in [0.2, 0.25) is 11.8 Å². The predicted molar refractivity (Wildman–Crippen MR) is 99.2 cm³/mol. The van der Waals surface area contributed by atoms with Crippen LogP contribution in [0.5, 0.6) is 0 Å². The van der Waals surface area contributed by atoms with Crippen LogP contribution in [-0.2, 0) is 22.7 Å². The Morgan fingerprint density at radius 3 is 2.38 bits per heavy atom. The lowest BCUT2D eigenvalue weighted by molar-refractivity contribution is -0.127. The van der Waals surface area contributed by atoms with Crippen molar-refractivity contribution in [3.05, 3.63) is 18.2 Å². The molecule has 9 heteroatoms. The van der Waals surface area contributed by atoms with Crippen molar-refractivity contribution in [1.29, 1.82) is 0 Å². The molecule has 0 unspecified atom stereocenters. The van der Waals surface area contributed by atoms with Crippen LogP contribution in [0.2, 0.25) is 0 Å². The minimum absolute atomic E-state index is 0. The second-order valence-electron chi connectivity index (χ2n) is 6.15. The average molecular weight is 382 g/mol. The summed E-state index contributed by atoms with van der Waals surface area (Å²) in [6.07, 6.45) is 3.61. The molecule has 1 aromatic rings. The number of imidazole rings is 1. The van der Waals surface area contributed by atoms with Crippen molar-refractivity contribution in [1.82, 2.24) is 20.2 Å². The zero-order valence-corrected chi connectivity index (χ0v) is 16.2. The lowest BCUT2D eigenvalue weighted by Gasteiger charge is -2.15. The summed E-state index contributed by atoms with van der Waals surface area (Å²) in [7, 11) is 0. The van der Waals surface area contributed by atoms with Gasteiger partial charge in [-0.15, -0.1) is 24.8 Å². The van der Waals surface area contributed by atoms with Gasteiger partial charge in [-0.2, -0.15) is 0 Å². The fourth-order valence-corrected chi connectivity index (χ4v) is 1.89. The van der Waals surface area contributed by atoms with E-state index >= 15 is 0 Å². The summed E-state index contributed by atoms with van der Waals surface area (Å²) < 4.78 is 2.01. The number of carbonyl (C=O) groups excluding carboxylic acids is 2. The molecule has 7 nitrogen and oxygen atoms in total. The van der Waals surface area contributed by atoms with Gasteiger partial charge in [-0.3, -0.25) is 9.59 Å². The van der Waals surface area contributed by atoms with Crippen molar-refractivity contribution in [3.8, 4) is 0 Å². The molecule has 0 radical (unpaired) electrons. The summed E-state index contributed by atoms with van der Waals surface area (Å²) >= 11 is 0. The van der Waals surface area contributed by atoms with E-state index in [0.29, 0.717) is 12.5 Å². The van der Waals surface area contributed by atoms with Crippen molar-refractivity contribution >= 4 is 36.6 Å². The molecule has 1 rings (SSSR count). The molecule has 0 saturated carbocycles. The molecule has 0 aromatic carbocycles. The number of amides is 2. The van der Waals surface area contributed by atoms with Gasteiger partial charge in [0.15, 0.2) is 0 Å². The largest absolute Gasteiger partial charge is 0.347 e. The Hall–Kier alpha value is -1.31. The first-order chi connectivity index (χ1) is 10.3. The molecule has 2 amide bonds. The van der Waals surface area contributed by atoms with Gasteiger partial charge in [-0.1, -0.05) is 27.7 Å². The van der Waals surface area contributed by atoms with E-state index in [-0.39, 0.29) is 49.1 Å². The summed E-state index contributed by atoms with van der Waals surface area (Å²) in [5.74, 6) is 0.758. The lowest BCUT2D eigenvalue weighted by Crippen LogP contribution is -2.47. The lowest BCUT2D eigenvalue weighted by atomic mass is 10.1. The number of carbonyl (C=O) groups is 2. The summed E-state index contributed by atoms with van der Waals surface area (Å²) in [5.41, 5.74) is 5.71. The van der Waals surface area contributed by atoms with Crippen LogP contribution in [0, 0.1) is 11.8 Å². The van der Waals surface area contributed by atoms with Crippen LogP contribution in [0.15, 0.2) is 12.4 Å². The standard InChI is InChI=1S/C15H27N5O2.2ClH/c1-10(2)9-20-6-5-17-12(20)7-18-13(21)8-19-15(22)14(16)11(3)4;;/h5-6,10-11,14H,7-9,16H2,1-4H3,(H,18,21)(H,19,22);2*1H/t14-;;/m0../s1. The molecule has 0 aliphatic carbocycles. The molecule has 0 aliphatic rings. The first kappa shape index (κ1) is 24.9. The number of aromatic nitrogens is 2. The number of hydrogen-bond acceptors (Lipinski definition) is 4. The molecule has 1 heterocycles. The zero-order valence-electron chi connectivity index (χ0n) is 14.6. The van der Waals surface area contributed by atoms with Crippen molar-refractivity contribution in [2.24, 2.45) is 17.6 Å². The Labute approximate surface area is 156 Å². The Balaban J connectivity index is 0. The van der Waals surface area contributed by atoms with Crippen LogP contribution in [-0.4, -0.2) is 34.0 Å². The van der Waals surface area contributed by atoms with E-state index < -0.39 is 6.04 Å². The van der Waals surface area contributed by atoms with Gasteiger partial charge >= 0.3 is 0 Å². The van der Waals surface area contributed by atoms with Crippen LogP contribution < -0.4 is 16.4 Å². The van der Waals surface area contributed by atoms with E-state index in [2.05, 4.69) is 29.5 Å². The van der Waals surface area contributed by atoms with E-state index in [0.717, 1.165) is 12.4 Å². The molecule has 4 N–H and O–H groups in total. The quantitative estimate of drug-likeness (QED) is 0.627. The maximum atomic E-state index is 11.8. The molecule has 0 spiro atoms. The molecule has 0 aliphatic heterocycles. The van der Waals surface area contributed by atoms with Gasteiger partial charge in [0.1, 0.15) is 5.82 Å². The van der Waals surface area contributed by atoms with E-state index in [4.69, 9.17) is 5.73 Å². The number of rotatable bonds is 8. The Kier molecular flexibility index (Phi) is 12.6. The predicted octanol–water partition coefficient (Wildman–Crippen LogP) is 1.10. The minimum Gasteiger partial charge on any atom is -0.347 e. The summed E-state index contributed by atoms with van der Waals surface area (Å²) in [6.45, 7) is 9.07. The van der Waals surface area contributed by atoms with Crippen LogP contribution >= 0.6 is 24.8 Å². The summed E-state index contributed by atoms with van der Waals surface area (Å²) in [4.78, 5) is 27.7. The summed E-state index contributed by atoms with van der Waals surface area (Å²) in [5, 5.41) is 5.28. The number of hydrogen-bond donors (Lipinski definition) is 3. The second kappa shape index (κ2) is 12.1. The first-order valence-electron chi connectivity index (χ1n) is 7.61. The molecule has 140 valence electrons. The van der Waals surface area contributed by atoms with E-state index in [1.807, 2.05) is 24.6 Å². The maximum absolute atomic E-state index is 11.8. The fourth-order valence-electron chi connectivity index (χ4n) is 1.89. The monoisotopic (exact) mass is 381 g/mol. The summed E-state index contributed by atoms with van der Waals surface area (Å²) in [6, 6.07) is -0.599. The smallest absolute Gasteiger partial charge is 0.239 e. The highest BCUT2D eigenvalue weighted by Crippen LogP contribution is 2.03. The third-order valence-corrected chi connectivity index (χ3v) is 3.25. The number of nitrogens with one attached hydrogen (secondary N) is 2. The van der Waals surface area contributed by atoms with Crippen LogP contribution in [0.1, 0.15) is 33.5 Å². The van der Waals surface area contributed by atoms with Crippen LogP contribution in [0.4, 0.5) is 0 Å². The molecule has 0 fully saturated rings. The van der Waals surface area contributed by atoms with Crippen LogP contribution in [0.3, 0.4) is 0 Å². The van der Waals surface area contributed by atoms with E-state index in [1.165, 1.54) is 0 Å². The Morgan fingerprint density at radius 2 is 1.83 bits per heavy atom. The molecule has 24 heavy (non-hydrogen) atoms. The molecule has 0 saturated heterocycles. The average Bonchev–Trinajstić information content (AvgIpc) is 2.87. The first-order valence-corrected chi connectivity index (χ1v) is 7.61. The highest BCUT2D eigenvalue weighted by Gasteiger charge is 2.17. The van der Waals surface area contributed by atoms with Crippen LogP contribution in [0.25, 0.3) is 0 Å². The highest BCUT2D eigenvalue weighted by molar-refractivity contribution is 5.87. The third kappa shape index (κ3) is 8.52. The number of nitrogens with zero attached hydrogens (tertiary/aromatic N) is 2. The topological polar surface area (TPSA) is 102 Å². The van der Waals surface area contributed by atoms with E-state index in [9.17, 15) is 9.59 Å². The number of halogens is 2. The fraction of sp³-hybridized carbons (Fsp3) is 0.667. The maximum Gasteiger partial charge on any atom is 0.239 e. The Morgan fingerprint density at radius 1 is 1.21 bits per heavy atom. The zero-order chi connectivity index (χ0) is 16.7. The van der Waals surface area contributed by atoms with Gasteiger partial charge in [0.05, 0.1) is 19.1 Å². The van der Waals surface area contributed by atoms with Gasteiger partial charge in [-0.25, -0.2) is 4.98 Å². The molecular formula is C15H29Cl2N5O2. The second-order valence-corrected chi connectivity index (χ2v) is 6.15. The molecule has 1 aromatic heterocycles. The van der Waals surface area contributed by atoms with Gasteiger partial charge in [0, 0.05) is 18.9 Å². The van der Waals surface area contributed by atoms with Crippen molar-refractivity contribution in [3.63, 3.8) is 0 Å². The van der Waals surface area contributed by atoms with Crippen molar-refractivity contribution in [2.75, 3.05) is 6.54 Å². The van der Waals surface area contributed by atoms with Crippen molar-refractivity contribution in [2.45, 2.75) is 46.8 Å². The molecule has 0 bridgehead atoms.